The third-order valence-electron chi connectivity index (χ3n) is 2.70. The first-order chi connectivity index (χ1) is 6.25. The van der Waals surface area contributed by atoms with Crippen LogP contribution in [0.15, 0.2) is 0 Å². The Labute approximate surface area is 78.4 Å². The van der Waals surface area contributed by atoms with E-state index in [1.54, 1.807) is 0 Å². The van der Waals surface area contributed by atoms with Gasteiger partial charge in [-0.25, -0.2) is 0 Å². The molecule has 0 atom stereocenters. The van der Waals surface area contributed by atoms with Crippen molar-refractivity contribution in [1.82, 2.24) is 9.80 Å². The van der Waals surface area contributed by atoms with Gasteiger partial charge in [-0.1, -0.05) is 0 Å². The molecule has 13 heavy (non-hydrogen) atoms. The zero-order valence-electron chi connectivity index (χ0n) is 8.03. The Morgan fingerprint density at radius 1 is 1.46 bits per heavy atom. The molecule has 0 aromatic carbocycles. The SMILES string of the molecule is CN1CCN(CC2COC2)C(=O)C1. The molecular weight excluding hydrogens is 168 g/mol. The summed E-state index contributed by atoms with van der Waals surface area (Å²) in [7, 11) is 1.99. The lowest BCUT2D eigenvalue weighted by molar-refractivity contribution is -0.139. The van der Waals surface area contributed by atoms with Crippen molar-refractivity contribution in [2.24, 2.45) is 5.92 Å². The molecule has 4 heteroatoms. The first-order valence-corrected chi connectivity index (χ1v) is 4.80. The second-order valence-electron chi connectivity index (χ2n) is 3.98. The first-order valence-electron chi connectivity index (χ1n) is 4.80. The van der Waals surface area contributed by atoms with E-state index in [1.807, 2.05) is 11.9 Å². The summed E-state index contributed by atoms with van der Waals surface area (Å²) in [4.78, 5) is 15.6. The lowest BCUT2D eigenvalue weighted by atomic mass is 10.1. The lowest BCUT2D eigenvalue weighted by Gasteiger charge is -2.36. The largest absolute Gasteiger partial charge is 0.381 e. The maximum atomic E-state index is 11.5. The highest BCUT2D eigenvalue weighted by Crippen LogP contribution is 2.13. The van der Waals surface area contributed by atoms with E-state index in [2.05, 4.69) is 4.90 Å². The van der Waals surface area contributed by atoms with Crippen LogP contribution in [-0.4, -0.2) is 62.1 Å². The highest BCUT2D eigenvalue weighted by Gasteiger charge is 2.27. The molecule has 0 N–H and O–H groups in total. The van der Waals surface area contributed by atoms with Crippen molar-refractivity contribution in [3.8, 4) is 0 Å². The van der Waals surface area contributed by atoms with Crippen molar-refractivity contribution in [3.63, 3.8) is 0 Å². The Kier molecular flexibility index (Phi) is 2.51. The summed E-state index contributed by atoms with van der Waals surface area (Å²) in [5.41, 5.74) is 0. The molecule has 0 radical (unpaired) electrons. The number of hydrogen-bond donors (Lipinski definition) is 0. The van der Waals surface area contributed by atoms with Gasteiger partial charge in [0.15, 0.2) is 0 Å². The molecule has 0 saturated carbocycles. The van der Waals surface area contributed by atoms with Crippen LogP contribution in [0, 0.1) is 5.92 Å². The van der Waals surface area contributed by atoms with Crippen molar-refractivity contribution in [1.29, 1.82) is 0 Å². The first kappa shape index (κ1) is 8.97. The summed E-state index contributed by atoms with van der Waals surface area (Å²) in [5, 5.41) is 0. The normalized spacial score (nSPS) is 26.2. The van der Waals surface area contributed by atoms with E-state index in [9.17, 15) is 4.79 Å². The number of carbonyl (C=O) groups is 1. The Morgan fingerprint density at radius 2 is 2.23 bits per heavy atom. The van der Waals surface area contributed by atoms with E-state index in [0.717, 1.165) is 32.8 Å². The Bertz CT molecular complexity index is 204. The average molecular weight is 184 g/mol. The van der Waals surface area contributed by atoms with Crippen LogP contribution in [0.4, 0.5) is 0 Å². The van der Waals surface area contributed by atoms with Crippen molar-refractivity contribution in [3.05, 3.63) is 0 Å². The van der Waals surface area contributed by atoms with E-state index in [-0.39, 0.29) is 5.91 Å². The van der Waals surface area contributed by atoms with Crippen LogP contribution < -0.4 is 0 Å². The van der Waals surface area contributed by atoms with Gasteiger partial charge in [0.05, 0.1) is 19.8 Å². The van der Waals surface area contributed by atoms with Gasteiger partial charge in [0.1, 0.15) is 0 Å². The maximum absolute atomic E-state index is 11.5. The van der Waals surface area contributed by atoms with Gasteiger partial charge in [0, 0.05) is 25.6 Å². The van der Waals surface area contributed by atoms with Gasteiger partial charge < -0.3 is 9.64 Å². The summed E-state index contributed by atoms with van der Waals surface area (Å²) >= 11 is 0. The third kappa shape index (κ3) is 2.00. The predicted molar refractivity (Wildman–Crippen MR) is 48.4 cm³/mol. The summed E-state index contributed by atoms with van der Waals surface area (Å²) in [6, 6.07) is 0. The fourth-order valence-corrected chi connectivity index (χ4v) is 1.72. The summed E-state index contributed by atoms with van der Waals surface area (Å²) in [6.07, 6.45) is 0. The molecule has 0 unspecified atom stereocenters. The fraction of sp³-hybridized carbons (Fsp3) is 0.889. The Hall–Kier alpha value is -0.610. The van der Waals surface area contributed by atoms with Gasteiger partial charge in [0.2, 0.25) is 5.91 Å². The van der Waals surface area contributed by atoms with Crippen LogP contribution in [0.2, 0.25) is 0 Å². The molecule has 2 saturated heterocycles. The standard InChI is InChI=1S/C9H16N2O2/c1-10-2-3-11(9(12)5-10)4-8-6-13-7-8/h8H,2-7H2,1H3. The topological polar surface area (TPSA) is 32.8 Å². The summed E-state index contributed by atoms with van der Waals surface area (Å²) in [6.45, 7) is 5.02. The number of amides is 1. The minimum absolute atomic E-state index is 0.264. The second-order valence-corrected chi connectivity index (χ2v) is 3.98. The summed E-state index contributed by atoms with van der Waals surface area (Å²) < 4.78 is 5.08. The van der Waals surface area contributed by atoms with Gasteiger partial charge in [-0.15, -0.1) is 0 Å². The highest BCUT2D eigenvalue weighted by molar-refractivity contribution is 5.79. The molecular formula is C9H16N2O2. The van der Waals surface area contributed by atoms with E-state index < -0.39 is 0 Å². The number of piperazine rings is 1. The van der Waals surface area contributed by atoms with Crippen molar-refractivity contribution in [2.45, 2.75) is 0 Å². The predicted octanol–water partition coefficient (Wildman–Crippen LogP) is -0.593. The zero-order chi connectivity index (χ0) is 9.26. The smallest absolute Gasteiger partial charge is 0.236 e. The number of carbonyl (C=O) groups excluding carboxylic acids is 1. The molecule has 4 nitrogen and oxygen atoms in total. The molecule has 74 valence electrons. The molecule has 2 heterocycles. The fourth-order valence-electron chi connectivity index (χ4n) is 1.72. The molecule has 2 fully saturated rings. The van der Waals surface area contributed by atoms with Crippen LogP contribution in [0.1, 0.15) is 0 Å². The quantitative estimate of drug-likeness (QED) is 0.575. The molecule has 0 aromatic rings. The zero-order valence-corrected chi connectivity index (χ0v) is 8.03. The van der Waals surface area contributed by atoms with E-state index in [1.165, 1.54) is 0 Å². The van der Waals surface area contributed by atoms with Crippen molar-refractivity contribution in [2.75, 3.05) is 46.4 Å². The van der Waals surface area contributed by atoms with Gasteiger partial charge in [-0.05, 0) is 7.05 Å². The van der Waals surface area contributed by atoms with Gasteiger partial charge in [0.25, 0.3) is 0 Å². The van der Waals surface area contributed by atoms with E-state index in [4.69, 9.17) is 4.74 Å². The van der Waals surface area contributed by atoms with Gasteiger partial charge in [-0.2, -0.15) is 0 Å². The van der Waals surface area contributed by atoms with Crippen molar-refractivity contribution < 1.29 is 9.53 Å². The number of likely N-dealkylation sites (N-methyl/N-ethyl adjacent to an activating group) is 1. The second kappa shape index (κ2) is 3.64. The lowest BCUT2D eigenvalue weighted by Crippen LogP contribution is -2.52. The van der Waals surface area contributed by atoms with Crippen molar-refractivity contribution >= 4 is 5.91 Å². The van der Waals surface area contributed by atoms with Crippen LogP contribution >= 0.6 is 0 Å². The van der Waals surface area contributed by atoms with E-state index >= 15 is 0 Å². The molecule has 0 bridgehead atoms. The van der Waals surface area contributed by atoms with Crippen LogP contribution in [0.3, 0.4) is 0 Å². The molecule has 0 spiro atoms. The maximum Gasteiger partial charge on any atom is 0.236 e. The van der Waals surface area contributed by atoms with Crippen LogP contribution in [-0.2, 0) is 9.53 Å². The number of hydrogen-bond acceptors (Lipinski definition) is 3. The monoisotopic (exact) mass is 184 g/mol. The molecule has 2 aliphatic rings. The number of nitrogens with zero attached hydrogens (tertiary/aromatic N) is 2. The molecule has 2 aliphatic heterocycles. The average Bonchev–Trinajstić information content (AvgIpc) is 1.99. The number of rotatable bonds is 2. The Morgan fingerprint density at radius 3 is 2.77 bits per heavy atom. The third-order valence-corrected chi connectivity index (χ3v) is 2.70. The van der Waals surface area contributed by atoms with Gasteiger partial charge >= 0.3 is 0 Å². The highest BCUT2D eigenvalue weighted by atomic mass is 16.5. The van der Waals surface area contributed by atoms with Crippen LogP contribution in [0.5, 0.6) is 0 Å². The minimum atomic E-state index is 0.264. The van der Waals surface area contributed by atoms with E-state index in [0.29, 0.717) is 12.5 Å². The molecule has 0 aliphatic carbocycles. The summed E-state index contributed by atoms with van der Waals surface area (Å²) in [5.74, 6) is 0.855. The minimum Gasteiger partial charge on any atom is -0.381 e. The van der Waals surface area contributed by atoms with Gasteiger partial charge in [-0.3, -0.25) is 9.69 Å². The molecule has 1 amide bonds. The number of ether oxygens (including phenoxy) is 1. The molecule has 0 aromatic heterocycles. The Balaban J connectivity index is 1.81. The van der Waals surface area contributed by atoms with Crippen LogP contribution in [0.25, 0.3) is 0 Å². The molecule has 2 rings (SSSR count).